The lowest BCUT2D eigenvalue weighted by Gasteiger charge is -2.35. The predicted octanol–water partition coefficient (Wildman–Crippen LogP) is 2.01. The van der Waals surface area contributed by atoms with E-state index in [-0.39, 0.29) is 29.5 Å². The largest absolute Gasteiger partial charge is 0.362 e. The van der Waals surface area contributed by atoms with E-state index in [1.807, 2.05) is 17.0 Å². The van der Waals surface area contributed by atoms with Crippen molar-refractivity contribution in [1.29, 1.82) is 0 Å². The molecule has 0 N–H and O–H groups in total. The highest BCUT2D eigenvalue weighted by Gasteiger charge is 2.39. The van der Waals surface area contributed by atoms with Crippen molar-refractivity contribution in [3.8, 4) is 0 Å². The van der Waals surface area contributed by atoms with Crippen LogP contribution in [0.2, 0.25) is 0 Å². The van der Waals surface area contributed by atoms with Crippen LogP contribution in [-0.2, 0) is 21.1 Å². The van der Waals surface area contributed by atoms with E-state index < -0.39 is 9.84 Å². The van der Waals surface area contributed by atoms with Crippen molar-refractivity contribution in [2.75, 3.05) is 29.5 Å². The Morgan fingerprint density at radius 1 is 1.12 bits per heavy atom. The van der Waals surface area contributed by atoms with Crippen LogP contribution < -0.4 is 4.90 Å². The maximum absolute atomic E-state index is 13.2. The summed E-state index contributed by atoms with van der Waals surface area (Å²) >= 11 is 0. The first-order valence-corrected chi connectivity index (χ1v) is 11.2. The highest BCUT2D eigenvalue weighted by atomic mass is 32.2. The van der Waals surface area contributed by atoms with Crippen molar-refractivity contribution in [2.24, 2.45) is 0 Å². The van der Waals surface area contributed by atoms with Crippen LogP contribution in [-0.4, -0.2) is 55.9 Å². The van der Waals surface area contributed by atoms with Crippen LogP contribution in [0.15, 0.2) is 24.3 Å². The molecule has 136 valence electrons. The number of rotatable bonds is 4. The number of carbonyl (C=O) groups excluding carboxylic acids is 1. The normalized spacial score (nSPS) is 25.3. The van der Waals surface area contributed by atoms with Gasteiger partial charge >= 0.3 is 0 Å². The van der Waals surface area contributed by atoms with Crippen molar-refractivity contribution in [3.63, 3.8) is 0 Å². The molecule has 2 fully saturated rings. The van der Waals surface area contributed by atoms with E-state index in [4.69, 9.17) is 0 Å². The third-order valence-corrected chi connectivity index (χ3v) is 7.67. The first-order valence-electron chi connectivity index (χ1n) is 9.38. The number of anilines is 1. The molecule has 1 atom stereocenters. The monoisotopic (exact) mass is 362 g/mol. The summed E-state index contributed by atoms with van der Waals surface area (Å²) in [5.74, 6) is 0.470. The van der Waals surface area contributed by atoms with Crippen molar-refractivity contribution in [1.82, 2.24) is 4.90 Å². The van der Waals surface area contributed by atoms with Gasteiger partial charge in [-0.1, -0.05) is 31.0 Å². The predicted molar refractivity (Wildman–Crippen MR) is 98.5 cm³/mol. The molecule has 0 bridgehead atoms. The van der Waals surface area contributed by atoms with E-state index in [1.54, 1.807) is 0 Å². The quantitative estimate of drug-likeness (QED) is 0.822. The van der Waals surface area contributed by atoms with Crippen molar-refractivity contribution in [3.05, 3.63) is 29.8 Å². The number of para-hydroxylation sites is 1. The van der Waals surface area contributed by atoms with Gasteiger partial charge in [-0.2, -0.15) is 0 Å². The molecule has 4 rings (SSSR count). The first-order chi connectivity index (χ1) is 12.0. The van der Waals surface area contributed by atoms with E-state index >= 15 is 0 Å². The maximum atomic E-state index is 13.2. The average Bonchev–Trinajstić information content (AvgIpc) is 3.30. The second-order valence-electron chi connectivity index (χ2n) is 7.60. The SMILES string of the molecule is O=C(CN1CCc2ccccc21)N(C1CCCC1)[C@@H]1CCS(=O)(=O)C1. The topological polar surface area (TPSA) is 57.7 Å². The fraction of sp³-hybridized carbons (Fsp3) is 0.632. The molecule has 1 saturated heterocycles. The Hall–Kier alpha value is -1.56. The molecule has 1 aromatic rings. The lowest BCUT2D eigenvalue weighted by atomic mass is 10.1. The van der Waals surface area contributed by atoms with Crippen LogP contribution in [0.5, 0.6) is 0 Å². The molecule has 5 nitrogen and oxygen atoms in total. The molecule has 1 amide bonds. The van der Waals surface area contributed by atoms with Crippen molar-refractivity contribution >= 4 is 21.4 Å². The molecule has 3 aliphatic rings. The summed E-state index contributed by atoms with van der Waals surface area (Å²) in [4.78, 5) is 17.3. The number of fused-ring (bicyclic) bond motifs is 1. The van der Waals surface area contributed by atoms with Crippen LogP contribution in [0.1, 0.15) is 37.7 Å². The second kappa shape index (κ2) is 6.63. The van der Waals surface area contributed by atoms with Crippen LogP contribution in [0, 0.1) is 0 Å². The summed E-state index contributed by atoms with van der Waals surface area (Å²) in [6.45, 7) is 1.23. The molecule has 2 heterocycles. The summed E-state index contributed by atoms with van der Waals surface area (Å²) < 4.78 is 23.9. The fourth-order valence-corrected chi connectivity index (χ4v) is 6.41. The molecule has 0 radical (unpaired) electrons. The molecular formula is C19H26N2O3S. The maximum Gasteiger partial charge on any atom is 0.242 e. The van der Waals surface area contributed by atoms with Crippen molar-refractivity contribution in [2.45, 2.75) is 50.6 Å². The molecule has 1 aromatic carbocycles. The lowest BCUT2D eigenvalue weighted by Crippen LogP contribution is -2.50. The zero-order valence-electron chi connectivity index (χ0n) is 14.6. The van der Waals surface area contributed by atoms with Crippen LogP contribution >= 0.6 is 0 Å². The minimum Gasteiger partial charge on any atom is -0.362 e. The number of carbonyl (C=O) groups is 1. The fourth-order valence-electron chi connectivity index (χ4n) is 4.70. The zero-order chi connectivity index (χ0) is 17.4. The molecule has 6 heteroatoms. The molecule has 2 aliphatic heterocycles. The number of hydrogen-bond acceptors (Lipinski definition) is 4. The highest BCUT2D eigenvalue weighted by molar-refractivity contribution is 7.91. The zero-order valence-corrected chi connectivity index (χ0v) is 15.4. The summed E-state index contributed by atoms with van der Waals surface area (Å²) in [5.41, 5.74) is 2.45. The highest BCUT2D eigenvalue weighted by Crippen LogP contribution is 2.31. The minimum absolute atomic E-state index is 0.103. The lowest BCUT2D eigenvalue weighted by molar-refractivity contribution is -0.134. The Bertz CT molecular complexity index is 756. The van der Waals surface area contributed by atoms with Gasteiger partial charge in [0.2, 0.25) is 5.91 Å². The standard InChI is InChI=1S/C19H26N2O3S/c22-19(13-20-11-9-15-5-1-4-8-18(15)20)21(16-6-2-3-7-16)17-10-12-25(23,24)14-17/h1,4-5,8,16-17H,2-3,6-7,9-14H2/t17-/m1/s1. The molecule has 0 spiro atoms. The third kappa shape index (κ3) is 3.41. The van der Waals surface area contributed by atoms with Gasteiger partial charge in [-0.15, -0.1) is 0 Å². The van der Waals surface area contributed by atoms with Gasteiger partial charge in [0.15, 0.2) is 9.84 Å². The number of benzene rings is 1. The number of nitrogens with zero attached hydrogens (tertiary/aromatic N) is 2. The van der Waals surface area contributed by atoms with Crippen LogP contribution in [0.25, 0.3) is 0 Å². The smallest absolute Gasteiger partial charge is 0.242 e. The third-order valence-electron chi connectivity index (χ3n) is 5.92. The summed E-state index contributed by atoms with van der Waals surface area (Å²) in [6, 6.07) is 8.36. The first kappa shape index (κ1) is 16.9. The van der Waals surface area contributed by atoms with E-state index in [1.165, 1.54) is 5.56 Å². The van der Waals surface area contributed by atoms with E-state index in [0.29, 0.717) is 13.0 Å². The summed E-state index contributed by atoms with van der Waals surface area (Å²) in [6.07, 6.45) is 5.88. The van der Waals surface area contributed by atoms with Gasteiger partial charge in [-0.3, -0.25) is 4.79 Å². The van der Waals surface area contributed by atoms with Crippen molar-refractivity contribution < 1.29 is 13.2 Å². The van der Waals surface area contributed by atoms with Gasteiger partial charge in [-0.25, -0.2) is 8.42 Å². The molecular weight excluding hydrogens is 336 g/mol. The van der Waals surface area contributed by atoms with Gasteiger partial charge in [0.25, 0.3) is 0 Å². The molecule has 1 aliphatic carbocycles. The molecule has 0 aromatic heterocycles. The van der Waals surface area contributed by atoms with Gasteiger partial charge in [0.1, 0.15) is 0 Å². The van der Waals surface area contributed by atoms with Gasteiger partial charge < -0.3 is 9.80 Å². The van der Waals surface area contributed by atoms with Crippen LogP contribution in [0.3, 0.4) is 0 Å². The van der Waals surface area contributed by atoms with Crippen LogP contribution in [0.4, 0.5) is 5.69 Å². The summed E-state index contributed by atoms with van der Waals surface area (Å²) in [7, 11) is -2.99. The van der Waals surface area contributed by atoms with E-state index in [0.717, 1.165) is 44.3 Å². The number of hydrogen-bond donors (Lipinski definition) is 0. The van der Waals surface area contributed by atoms with Gasteiger partial charge in [0, 0.05) is 24.3 Å². The number of amides is 1. The minimum atomic E-state index is -2.99. The Morgan fingerprint density at radius 2 is 1.88 bits per heavy atom. The van der Waals surface area contributed by atoms with E-state index in [2.05, 4.69) is 17.0 Å². The van der Waals surface area contributed by atoms with Gasteiger partial charge in [0.05, 0.1) is 18.1 Å². The Morgan fingerprint density at radius 3 is 2.60 bits per heavy atom. The Labute approximate surface area is 149 Å². The Balaban J connectivity index is 1.52. The molecule has 25 heavy (non-hydrogen) atoms. The average molecular weight is 362 g/mol. The molecule has 1 saturated carbocycles. The number of sulfone groups is 1. The summed E-state index contributed by atoms with van der Waals surface area (Å²) in [5, 5.41) is 0. The van der Waals surface area contributed by atoms with Gasteiger partial charge in [-0.05, 0) is 37.3 Å². The Kier molecular flexibility index (Phi) is 4.48. The molecule has 0 unspecified atom stereocenters. The van der Waals surface area contributed by atoms with E-state index in [9.17, 15) is 13.2 Å². The second-order valence-corrected chi connectivity index (χ2v) is 9.83.